The molecule has 112 valence electrons. The highest BCUT2D eigenvalue weighted by molar-refractivity contribution is 7.12. The van der Waals surface area contributed by atoms with Crippen LogP contribution in [0.3, 0.4) is 0 Å². The van der Waals surface area contributed by atoms with Gasteiger partial charge in [0.05, 0.1) is 0 Å². The number of hydrogen-bond donors (Lipinski definition) is 1. The molecular weight excluding hydrogens is 276 g/mol. The van der Waals surface area contributed by atoms with Crippen LogP contribution in [0, 0.1) is 0 Å². The Balaban J connectivity index is 1.80. The molecule has 0 bridgehead atoms. The lowest BCUT2D eigenvalue weighted by Gasteiger charge is -2.16. The van der Waals surface area contributed by atoms with Crippen molar-refractivity contribution in [2.24, 2.45) is 0 Å². The zero-order chi connectivity index (χ0) is 14.5. The molecule has 1 aliphatic rings. The monoisotopic (exact) mass is 300 g/mol. The largest absolute Gasteiger partial charge is 0.309 e. The molecule has 2 aromatic heterocycles. The van der Waals surface area contributed by atoms with E-state index in [0.717, 1.165) is 13.0 Å². The summed E-state index contributed by atoms with van der Waals surface area (Å²) in [6, 6.07) is 7.17. The van der Waals surface area contributed by atoms with Gasteiger partial charge < -0.3 is 5.32 Å². The van der Waals surface area contributed by atoms with Crippen LogP contribution in [0.4, 0.5) is 0 Å². The van der Waals surface area contributed by atoms with Crippen LogP contribution in [0.25, 0.3) is 0 Å². The van der Waals surface area contributed by atoms with Crippen molar-refractivity contribution in [2.75, 3.05) is 6.54 Å². The predicted octanol–water partition coefficient (Wildman–Crippen LogP) is 4.31. The summed E-state index contributed by atoms with van der Waals surface area (Å²) in [5, 5.41) is 3.66. The lowest BCUT2D eigenvalue weighted by atomic mass is 10.0. The fourth-order valence-corrected chi connectivity index (χ4v) is 4.47. The normalized spacial score (nSPS) is 16.2. The van der Waals surface area contributed by atoms with Gasteiger partial charge in [-0.05, 0) is 68.0 Å². The van der Waals surface area contributed by atoms with Crippen molar-refractivity contribution in [1.82, 2.24) is 10.3 Å². The highest BCUT2D eigenvalue weighted by Gasteiger charge is 2.18. The van der Waals surface area contributed by atoms with E-state index in [-0.39, 0.29) is 0 Å². The molecule has 1 aliphatic carbocycles. The van der Waals surface area contributed by atoms with Crippen molar-refractivity contribution in [3.05, 3.63) is 51.5 Å². The molecule has 1 N–H and O–H groups in total. The third-order valence-electron chi connectivity index (χ3n) is 4.25. The number of likely N-dealkylation sites (N-methyl/N-ethyl adjacent to an activating group) is 1. The first kappa shape index (κ1) is 14.7. The second kappa shape index (κ2) is 7.19. The molecule has 0 amide bonds. The van der Waals surface area contributed by atoms with Crippen LogP contribution in [0.1, 0.15) is 53.1 Å². The molecular formula is C18H24N2S. The Morgan fingerprint density at radius 1 is 1.19 bits per heavy atom. The molecule has 3 heteroatoms. The smallest absolute Gasteiger partial charge is 0.0455 e. The van der Waals surface area contributed by atoms with Gasteiger partial charge in [0.1, 0.15) is 0 Å². The van der Waals surface area contributed by atoms with Gasteiger partial charge in [-0.2, -0.15) is 0 Å². The number of hydrogen-bond acceptors (Lipinski definition) is 3. The second-order valence-electron chi connectivity index (χ2n) is 5.83. The van der Waals surface area contributed by atoms with Crippen LogP contribution < -0.4 is 5.32 Å². The molecule has 1 atom stereocenters. The van der Waals surface area contributed by atoms with Crippen LogP contribution in [-0.4, -0.2) is 11.5 Å². The highest BCUT2D eigenvalue weighted by Crippen LogP contribution is 2.33. The minimum atomic E-state index is 0.439. The zero-order valence-electron chi connectivity index (χ0n) is 12.8. The lowest BCUT2D eigenvalue weighted by molar-refractivity contribution is 0.557. The SMILES string of the molecule is CCNC(Cc1ccncc1)c1cc2c(s1)CCCCC2. The van der Waals surface area contributed by atoms with Gasteiger partial charge in [-0.3, -0.25) is 4.98 Å². The van der Waals surface area contributed by atoms with Crippen molar-refractivity contribution in [1.29, 1.82) is 0 Å². The van der Waals surface area contributed by atoms with Crippen LogP contribution in [0.2, 0.25) is 0 Å². The summed E-state index contributed by atoms with van der Waals surface area (Å²) in [5.41, 5.74) is 2.98. The maximum Gasteiger partial charge on any atom is 0.0455 e. The van der Waals surface area contributed by atoms with Crippen molar-refractivity contribution in [3.8, 4) is 0 Å². The first-order valence-electron chi connectivity index (χ1n) is 8.10. The van der Waals surface area contributed by atoms with Crippen molar-refractivity contribution in [3.63, 3.8) is 0 Å². The maximum absolute atomic E-state index is 4.12. The second-order valence-corrected chi connectivity index (χ2v) is 7.00. The first-order valence-corrected chi connectivity index (χ1v) is 8.92. The van der Waals surface area contributed by atoms with Gasteiger partial charge in [-0.1, -0.05) is 13.3 Å². The zero-order valence-corrected chi connectivity index (χ0v) is 13.6. The molecule has 0 fully saturated rings. The van der Waals surface area contributed by atoms with Crippen molar-refractivity contribution in [2.45, 2.75) is 51.5 Å². The third-order valence-corrected chi connectivity index (χ3v) is 5.60. The summed E-state index contributed by atoms with van der Waals surface area (Å²) in [6.45, 7) is 3.20. The van der Waals surface area contributed by atoms with E-state index in [4.69, 9.17) is 0 Å². The number of nitrogens with one attached hydrogen (secondary N) is 1. The van der Waals surface area contributed by atoms with E-state index in [9.17, 15) is 0 Å². The minimum Gasteiger partial charge on any atom is -0.309 e. The van der Waals surface area contributed by atoms with Crippen LogP contribution in [0.15, 0.2) is 30.6 Å². The van der Waals surface area contributed by atoms with E-state index in [1.807, 2.05) is 23.7 Å². The number of thiophene rings is 1. The van der Waals surface area contributed by atoms with E-state index in [0.29, 0.717) is 6.04 Å². The van der Waals surface area contributed by atoms with Gasteiger partial charge in [-0.15, -0.1) is 11.3 Å². The Hall–Kier alpha value is -1.19. The molecule has 2 aromatic rings. The van der Waals surface area contributed by atoms with E-state index < -0.39 is 0 Å². The number of nitrogens with zero attached hydrogens (tertiary/aromatic N) is 1. The molecule has 0 saturated heterocycles. The maximum atomic E-state index is 4.12. The number of rotatable bonds is 5. The molecule has 0 aliphatic heterocycles. The quantitative estimate of drug-likeness (QED) is 0.833. The average Bonchev–Trinajstić information content (AvgIpc) is 2.79. The molecule has 2 heterocycles. The summed E-state index contributed by atoms with van der Waals surface area (Å²) in [7, 11) is 0. The van der Waals surface area contributed by atoms with Gasteiger partial charge in [0, 0.05) is 28.2 Å². The Morgan fingerprint density at radius 3 is 2.81 bits per heavy atom. The van der Waals surface area contributed by atoms with Gasteiger partial charge in [0.25, 0.3) is 0 Å². The number of fused-ring (bicyclic) bond motifs is 1. The summed E-state index contributed by atoms with van der Waals surface area (Å²) in [5.74, 6) is 0. The molecule has 2 nitrogen and oxygen atoms in total. The van der Waals surface area contributed by atoms with Gasteiger partial charge in [0.15, 0.2) is 0 Å². The standard InChI is InChI=1S/C18H24N2S/c1-2-20-16(12-14-8-10-19-11-9-14)18-13-15-6-4-3-5-7-17(15)21-18/h8-11,13,16,20H,2-7,12H2,1H3. The summed E-state index contributed by atoms with van der Waals surface area (Å²) in [6.07, 6.45) is 11.5. The Labute approximate surface area is 131 Å². The summed E-state index contributed by atoms with van der Waals surface area (Å²) in [4.78, 5) is 7.27. The fourth-order valence-electron chi connectivity index (χ4n) is 3.14. The van der Waals surface area contributed by atoms with Gasteiger partial charge >= 0.3 is 0 Å². The van der Waals surface area contributed by atoms with Crippen LogP contribution in [-0.2, 0) is 19.3 Å². The minimum absolute atomic E-state index is 0.439. The van der Waals surface area contributed by atoms with Crippen molar-refractivity contribution >= 4 is 11.3 Å². The molecule has 3 rings (SSSR count). The fraction of sp³-hybridized carbons (Fsp3) is 0.500. The molecule has 0 radical (unpaired) electrons. The highest BCUT2D eigenvalue weighted by atomic mass is 32.1. The molecule has 21 heavy (non-hydrogen) atoms. The lowest BCUT2D eigenvalue weighted by Crippen LogP contribution is -2.22. The predicted molar refractivity (Wildman–Crippen MR) is 89.9 cm³/mol. The van der Waals surface area contributed by atoms with Gasteiger partial charge in [0.2, 0.25) is 0 Å². The first-order chi connectivity index (χ1) is 10.4. The average molecular weight is 300 g/mol. The van der Waals surface area contributed by atoms with E-state index in [2.05, 4.69) is 35.4 Å². The summed E-state index contributed by atoms with van der Waals surface area (Å²) >= 11 is 2.04. The molecule has 0 spiro atoms. The van der Waals surface area contributed by atoms with E-state index >= 15 is 0 Å². The van der Waals surface area contributed by atoms with Crippen molar-refractivity contribution < 1.29 is 0 Å². The van der Waals surface area contributed by atoms with Gasteiger partial charge in [-0.25, -0.2) is 0 Å². The Bertz CT molecular complexity index is 538. The number of aromatic nitrogens is 1. The number of pyridine rings is 1. The van der Waals surface area contributed by atoms with Crippen LogP contribution >= 0.6 is 11.3 Å². The number of aryl methyl sites for hydroxylation is 2. The topological polar surface area (TPSA) is 24.9 Å². The third kappa shape index (κ3) is 3.72. The Kier molecular flexibility index (Phi) is 5.04. The summed E-state index contributed by atoms with van der Waals surface area (Å²) < 4.78 is 0. The molecule has 0 aromatic carbocycles. The van der Waals surface area contributed by atoms with Crippen LogP contribution in [0.5, 0.6) is 0 Å². The molecule has 1 unspecified atom stereocenters. The van der Waals surface area contributed by atoms with E-state index in [1.54, 1.807) is 10.4 Å². The van der Waals surface area contributed by atoms with E-state index in [1.165, 1.54) is 42.5 Å². The molecule has 0 saturated carbocycles. The Morgan fingerprint density at radius 2 is 2.00 bits per heavy atom.